The summed E-state index contributed by atoms with van der Waals surface area (Å²) in [7, 11) is 0. The molecule has 0 heterocycles. The van der Waals surface area contributed by atoms with Crippen LogP contribution in [0.3, 0.4) is 0 Å². The van der Waals surface area contributed by atoms with Gasteiger partial charge in [0, 0.05) is 22.7 Å². The molecule has 0 bridgehead atoms. The molecule has 0 radical (unpaired) electrons. The van der Waals surface area contributed by atoms with Gasteiger partial charge in [-0.05, 0) is 54.1 Å². The predicted molar refractivity (Wildman–Crippen MR) is 132 cm³/mol. The molecule has 1 saturated carbocycles. The number of anilines is 2. The molecule has 2 atom stereocenters. The monoisotopic (exact) mass is 596 g/mol. The molecule has 1 aliphatic carbocycles. The first-order chi connectivity index (χ1) is 17.2. The molecule has 4 rings (SSSR count). The largest absolute Gasteiger partial charge is 0.416 e. The minimum Gasteiger partial charge on any atom is -0.326 e. The summed E-state index contributed by atoms with van der Waals surface area (Å²) in [5.41, 5.74) is -1.36. The van der Waals surface area contributed by atoms with E-state index in [1.54, 1.807) is 0 Å². The van der Waals surface area contributed by atoms with Gasteiger partial charge in [0.15, 0.2) is 0 Å². The normalized spacial score (nSPS) is 18.3. The van der Waals surface area contributed by atoms with Crippen LogP contribution in [-0.2, 0) is 11.0 Å². The van der Waals surface area contributed by atoms with E-state index < -0.39 is 51.4 Å². The molecular weight excluding hydrogens is 585 g/mol. The van der Waals surface area contributed by atoms with Crippen molar-refractivity contribution in [2.45, 2.75) is 16.4 Å². The highest BCUT2D eigenvalue weighted by molar-refractivity contribution is 6.53. The lowest BCUT2D eigenvalue weighted by molar-refractivity contribution is -0.137. The zero-order valence-electron chi connectivity index (χ0n) is 18.1. The highest BCUT2D eigenvalue weighted by Gasteiger charge is 2.67. The molecule has 0 aromatic heterocycles. The van der Waals surface area contributed by atoms with Gasteiger partial charge >= 0.3 is 6.18 Å². The number of alkyl halides is 5. The Kier molecular flexibility index (Phi) is 7.38. The molecule has 1 fully saturated rings. The maximum Gasteiger partial charge on any atom is 0.416 e. The Hall–Kier alpha value is -2.59. The average molecular weight is 598 g/mol. The van der Waals surface area contributed by atoms with E-state index in [4.69, 9.17) is 46.4 Å². The Balaban J connectivity index is 1.53. The zero-order chi connectivity index (χ0) is 27.3. The number of hydrogen-bond donors (Lipinski definition) is 2. The zero-order valence-corrected chi connectivity index (χ0v) is 21.1. The number of nitrogens with one attached hydrogen (secondary N) is 2. The highest BCUT2D eigenvalue weighted by atomic mass is 35.5. The first-order valence-electron chi connectivity index (χ1n) is 10.3. The second-order valence-electron chi connectivity index (χ2n) is 8.16. The molecule has 0 aliphatic heterocycles. The molecule has 2 N–H and O–H groups in total. The number of hydrogen-bond acceptors (Lipinski definition) is 2. The molecule has 3 aromatic rings. The first kappa shape index (κ1) is 27.4. The summed E-state index contributed by atoms with van der Waals surface area (Å²) < 4.78 is 64.9. The number of benzene rings is 3. The number of halogens is 9. The van der Waals surface area contributed by atoms with Gasteiger partial charge < -0.3 is 10.6 Å². The van der Waals surface area contributed by atoms with Crippen molar-refractivity contribution < 1.29 is 31.5 Å². The fourth-order valence-corrected chi connectivity index (χ4v) is 5.08. The Morgan fingerprint density at radius 2 is 1.59 bits per heavy atom. The minimum absolute atomic E-state index is 0.0301. The van der Waals surface area contributed by atoms with E-state index in [1.165, 1.54) is 24.3 Å². The summed E-state index contributed by atoms with van der Waals surface area (Å²) in [6.45, 7) is 0. The standard InChI is InChI=1S/C24H13Cl4F5N2O2/c25-12-6-10(5-11(7-12)24(31,32)33)19-20(23(19,27)28)22(37)34-14-2-3-16(26)15(9-14)21(36)35-18-4-1-13(29)8-17(18)30/h1-9,19-20H,(H,34,37)(H,35,36). The summed E-state index contributed by atoms with van der Waals surface area (Å²) in [5, 5.41) is 4.51. The van der Waals surface area contributed by atoms with Gasteiger partial charge in [-0.25, -0.2) is 8.78 Å². The van der Waals surface area contributed by atoms with Crippen LogP contribution in [-0.4, -0.2) is 16.1 Å². The SMILES string of the molecule is O=C(Nc1ccc(F)cc1F)c1cc(NC(=O)C2C(c3cc(Cl)cc(C(F)(F)F)c3)C2(Cl)Cl)ccc1Cl. The molecule has 37 heavy (non-hydrogen) atoms. The topological polar surface area (TPSA) is 58.2 Å². The summed E-state index contributed by atoms with van der Waals surface area (Å²) >= 11 is 24.4. The van der Waals surface area contributed by atoms with Crippen LogP contribution >= 0.6 is 46.4 Å². The maximum absolute atomic E-state index is 13.9. The van der Waals surface area contributed by atoms with Crippen molar-refractivity contribution in [1.29, 1.82) is 0 Å². The van der Waals surface area contributed by atoms with E-state index >= 15 is 0 Å². The second-order valence-corrected chi connectivity index (χ2v) is 10.5. The summed E-state index contributed by atoms with van der Waals surface area (Å²) in [6.07, 6.45) is -4.68. The van der Waals surface area contributed by atoms with Crippen molar-refractivity contribution in [3.8, 4) is 0 Å². The Bertz CT molecular complexity index is 1410. The molecule has 2 unspecified atom stereocenters. The van der Waals surface area contributed by atoms with E-state index in [-0.39, 0.29) is 32.5 Å². The quantitative estimate of drug-likeness (QED) is 0.231. The third-order valence-electron chi connectivity index (χ3n) is 5.60. The van der Waals surface area contributed by atoms with E-state index in [0.29, 0.717) is 6.07 Å². The van der Waals surface area contributed by atoms with Gasteiger partial charge in [0.2, 0.25) is 5.91 Å². The van der Waals surface area contributed by atoms with Gasteiger partial charge in [0.1, 0.15) is 16.0 Å². The molecule has 0 spiro atoms. The Labute approximate surface area is 226 Å². The molecule has 13 heteroatoms. The molecule has 2 amide bonds. The van der Waals surface area contributed by atoms with Crippen molar-refractivity contribution in [2.24, 2.45) is 5.92 Å². The third-order valence-corrected chi connectivity index (χ3v) is 7.09. The number of rotatable bonds is 5. The van der Waals surface area contributed by atoms with Gasteiger partial charge in [-0.1, -0.05) is 23.2 Å². The van der Waals surface area contributed by atoms with Crippen molar-refractivity contribution in [2.75, 3.05) is 10.6 Å². The molecular formula is C24H13Cl4F5N2O2. The lowest BCUT2D eigenvalue weighted by Crippen LogP contribution is -2.18. The number of carbonyl (C=O) groups is 2. The van der Waals surface area contributed by atoms with Crippen LogP contribution in [0, 0.1) is 17.6 Å². The lowest BCUT2D eigenvalue weighted by Gasteiger charge is -2.11. The van der Waals surface area contributed by atoms with Crippen LogP contribution < -0.4 is 10.6 Å². The van der Waals surface area contributed by atoms with Gasteiger partial charge in [0.05, 0.1) is 27.8 Å². The fraction of sp³-hybridized carbons (Fsp3) is 0.167. The van der Waals surface area contributed by atoms with E-state index in [9.17, 15) is 31.5 Å². The van der Waals surface area contributed by atoms with Crippen LogP contribution in [0.5, 0.6) is 0 Å². The second kappa shape index (κ2) is 9.94. The van der Waals surface area contributed by atoms with Crippen LogP contribution in [0.15, 0.2) is 54.6 Å². The van der Waals surface area contributed by atoms with Crippen LogP contribution in [0.2, 0.25) is 10.0 Å². The van der Waals surface area contributed by atoms with Crippen molar-refractivity contribution in [1.82, 2.24) is 0 Å². The van der Waals surface area contributed by atoms with Crippen LogP contribution in [0.4, 0.5) is 33.3 Å². The number of carbonyl (C=O) groups excluding carboxylic acids is 2. The predicted octanol–water partition coefficient (Wildman–Crippen LogP) is 8.07. The summed E-state index contributed by atoms with van der Waals surface area (Å²) in [5.74, 6) is -5.56. The molecule has 4 nitrogen and oxygen atoms in total. The Morgan fingerprint density at radius 1 is 0.892 bits per heavy atom. The summed E-state index contributed by atoms with van der Waals surface area (Å²) in [4.78, 5) is 25.5. The van der Waals surface area contributed by atoms with Gasteiger partial charge in [-0.15, -0.1) is 23.2 Å². The molecule has 1 aliphatic rings. The first-order valence-corrected chi connectivity index (χ1v) is 11.8. The maximum atomic E-state index is 13.9. The smallest absolute Gasteiger partial charge is 0.326 e. The van der Waals surface area contributed by atoms with Gasteiger partial charge in [0.25, 0.3) is 5.91 Å². The fourth-order valence-electron chi connectivity index (χ4n) is 3.80. The average Bonchev–Trinajstić information content (AvgIpc) is 3.38. The lowest BCUT2D eigenvalue weighted by atomic mass is 10.0. The van der Waals surface area contributed by atoms with Crippen molar-refractivity contribution >= 4 is 69.6 Å². The van der Waals surface area contributed by atoms with E-state index in [0.717, 1.165) is 24.3 Å². The third kappa shape index (κ3) is 5.80. The van der Waals surface area contributed by atoms with Crippen molar-refractivity contribution in [3.63, 3.8) is 0 Å². The van der Waals surface area contributed by atoms with Crippen LogP contribution in [0.1, 0.15) is 27.4 Å². The van der Waals surface area contributed by atoms with Crippen molar-refractivity contribution in [3.05, 3.63) is 93.0 Å². The van der Waals surface area contributed by atoms with Gasteiger partial charge in [-0.2, -0.15) is 13.2 Å². The van der Waals surface area contributed by atoms with E-state index in [2.05, 4.69) is 10.6 Å². The Morgan fingerprint density at radius 3 is 2.24 bits per heavy atom. The molecule has 194 valence electrons. The minimum atomic E-state index is -4.68. The molecule has 0 saturated heterocycles. The molecule has 3 aromatic carbocycles. The van der Waals surface area contributed by atoms with E-state index in [1.807, 2.05) is 0 Å². The number of amides is 2. The summed E-state index contributed by atoms with van der Waals surface area (Å²) in [6, 6.07) is 9.21. The van der Waals surface area contributed by atoms with Crippen LogP contribution in [0.25, 0.3) is 0 Å². The highest BCUT2D eigenvalue weighted by Crippen LogP contribution is 2.65. The van der Waals surface area contributed by atoms with Gasteiger partial charge in [-0.3, -0.25) is 9.59 Å².